The zero-order valence-corrected chi connectivity index (χ0v) is 15.5. The molecule has 1 unspecified atom stereocenters. The quantitative estimate of drug-likeness (QED) is 0.523. The maximum Gasteiger partial charge on any atom is 0.127 e. The van der Waals surface area contributed by atoms with Gasteiger partial charge in [0.05, 0.1) is 11.8 Å². The molecule has 0 heterocycles. The second-order valence-corrected chi connectivity index (χ2v) is 7.15. The van der Waals surface area contributed by atoms with Gasteiger partial charge in [-0.05, 0) is 44.9 Å². The second-order valence-electron chi connectivity index (χ2n) is 5.86. The zero-order chi connectivity index (χ0) is 16.7. The molecule has 0 spiro atoms. The molecular weight excluding hydrogens is 301 g/mol. The molecule has 0 amide bonds. The predicted molar refractivity (Wildman–Crippen MR) is 104 cm³/mol. The average molecular weight is 327 g/mol. The number of hydrogen-bond acceptors (Lipinski definition) is 2. The van der Waals surface area contributed by atoms with E-state index in [0.717, 1.165) is 24.3 Å². The summed E-state index contributed by atoms with van der Waals surface area (Å²) in [5.74, 6) is 0.991. The highest BCUT2D eigenvalue weighted by atomic mass is 31.1. The van der Waals surface area contributed by atoms with E-state index in [1.165, 1.54) is 16.2 Å². The van der Waals surface area contributed by atoms with Crippen LogP contribution in [0.15, 0.2) is 47.5 Å². The molecule has 23 heavy (non-hydrogen) atoms. The summed E-state index contributed by atoms with van der Waals surface area (Å²) in [4.78, 5) is 4.65. The normalized spacial score (nSPS) is 11.9. The van der Waals surface area contributed by atoms with Crippen molar-refractivity contribution < 1.29 is 4.74 Å². The first-order valence-electron chi connectivity index (χ1n) is 8.26. The van der Waals surface area contributed by atoms with Gasteiger partial charge < -0.3 is 4.74 Å². The van der Waals surface area contributed by atoms with E-state index in [1.807, 2.05) is 6.21 Å². The Bertz CT molecular complexity index is 664. The van der Waals surface area contributed by atoms with Crippen molar-refractivity contribution in [2.24, 2.45) is 4.99 Å². The number of unbranched alkanes of at least 4 members (excludes halogenated alkanes) is 1. The van der Waals surface area contributed by atoms with Gasteiger partial charge in [0.15, 0.2) is 0 Å². The minimum Gasteiger partial charge on any atom is -0.490 e. The molecule has 0 aromatic heterocycles. The van der Waals surface area contributed by atoms with E-state index in [9.17, 15) is 0 Å². The lowest BCUT2D eigenvalue weighted by Crippen LogP contribution is -2.15. The number of nitrogens with zero attached hydrogens (tertiary/aromatic N) is 1. The van der Waals surface area contributed by atoms with Crippen LogP contribution in [0, 0.1) is 6.92 Å². The van der Waals surface area contributed by atoms with E-state index in [1.54, 1.807) is 0 Å². The van der Waals surface area contributed by atoms with Gasteiger partial charge in [-0.3, -0.25) is 4.99 Å². The fourth-order valence-corrected chi connectivity index (χ4v) is 3.54. The van der Waals surface area contributed by atoms with Crippen molar-refractivity contribution in [1.29, 1.82) is 0 Å². The monoisotopic (exact) mass is 327 g/mol. The second kappa shape index (κ2) is 8.84. The topological polar surface area (TPSA) is 21.6 Å². The van der Waals surface area contributed by atoms with Crippen LogP contribution in [0.4, 0.5) is 5.69 Å². The molecule has 0 saturated heterocycles. The van der Waals surface area contributed by atoms with Crippen molar-refractivity contribution in [2.75, 3.05) is 0 Å². The van der Waals surface area contributed by atoms with Gasteiger partial charge in [0.2, 0.25) is 0 Å². The highest BCUT2D eigenvalue weighted by Gasteiger charge is 2.11. The molecule has 0 N–H and O–H groups in total. The largest absolute Gasteiger partial charge is 0.490 e. The van der Waals surface area contributed by atoms with Crippen LogP contribution in [0.3, 0.4) is 0 Å². The molecular formula is C20H26NOP. The summed E-state index contributed by atoms with van der Waals surface area (Å²) in [5, 5.41) is 2.54. The third-order valence-electron chi connectivity index (χ3n) is 3.41. The highest BCUT2D eigenvalue weighted by Crippen LogP contribution is 2.26. The number of aryl methyl sites for hydroxylation is 1. The van der Waals surface area contributed by atoms with Crippen LogP contribution in [0.2, 0.25) is 0 Å². The summed E-state index contributed by atoms with van der Waals surface area (Å²) in [6, 6.07) is 14.7. The number of aliphatic imine (C=N–C) groups is 1. The van der Waals surface area contributed by atoms with Crippen molar-refractivity contribution in [3.05, 3.63) is 48.0 Å². The Balaban J connectivity index is 2.32. The Labute approximate surface area is 141 Å². The molecule has 3 heteroatoms. The number of ether oxygens (including phenoxy) is 1. The summed E-state index contributed by atoms with van der Waals surface area (Å²) in [6.45, 7) is 8.46. The summed E-state index contributed by atoms with van der Waals surface area (Å²) in [5.41, 5.74) is 2.34. The minimum absolute atomic E-state index is 0.179. The van der Waals surface area contributed by atoms with Gasteiger partial charge in [-0.1, -0.05) is 52.3 Å². The van der Waals surface area contributed by atoms with Crippen LogP contribution in [0.5, 0.6) is 5.75 Å². The molecule has 0 aliphatic rings. The summed E-state index contributed by atoms with van der Waals surface area (Å²) >= 11 is 0. The van der Waals surface area contributed by atoms with E-state index in [-0.39, 0.29) is 6.10 Å². The zero-order valence-electron chi connectivity index (χ0n) is 14.5. The molecule has 122 valence electrons. The Morgan fingerprint density at radius 1 is 1.13 bits per heavy atom. The lowest BCUT2D eigenvalue weighted by atomic mass is 10.2. The first-order valence-corrected chi connectivity index (χ1v) is 9.26. The lowest BCUT2D eigenvalue weighted by molar-refractivity contribution is 0.244. The molecule has 2 nitrogen and oxygen atoms in total. The van der Waals surface area contributed by atoms with Gasteiger partial charge in [0.1, 0.15) is 5.75 Å². The van der Waals surface area contributed by atoms with Gasteiger partial charge in [-0.2, -0.15) is 0 Å². The highest BCUT2D eigenvalue weighted by molar-refractivity contribution is 7.56. The van der Waals surface area contributed by atoms with Crippen LogP contribution in [-0.4, -0.2) is 12.3 Å². The smallest absolute Gasteiger partial charge is 0.127 e. The predicted octanol–water partition coefficient (Wildman–Crippen LogP) is 4.91. The molecule has 2 rings (SSSR count). The van der Waals surface area contributed by atoms with Gasteiger partial charge in [0, 0.05) is 16.8 Å². The van der Waals surface area contributed by atoms with Crippen molar-refractivity contribution in [3.8, 4) is 5.75 Å². The first-order chi connectivity index (χ1) is 11.1. The molecule has 1 atom stereocenters. The average Bonchev–Trinajstić information content (AvgIpc) is 2.52. The third-order valence-corrected chi connectivity index (χ3v) is 4.99. The summed E-state index contributed by atoms with van der Waals surface area (Å²) in [7, 11) is 0.546. The van der Waals surface area contributed by atoms with Crippen molar-refractivity contribution >= 4 is 31.1 Å². The molecule has 0 bridgehead atoms. The van der Waals surface area contributed by atoms with Crippen molar-refractivity contribution in [1.82, 2.24) is 0 Å². The van der Waals surface area contributed by atoms with Crippen molar-refractivity contribution in [3.63, 3.8) is 0 Å². The summed E-state index contributed by atoms with van der Waals surface area (Å²) < 4.78 is 6.01. The van der Waals surface area contributed by atoms with E-state index in [0.29, 0.717) is 8.58 Å². The molecule has 2 aromatic carbocycles. The summed E-state index contributed by atoms with van der Waals surface area (Å²) in [6.07, 6.45) is 4.34. The lowest BCUT2D eigenvalue weighted by Gasteiger charge is -2.17. The molecule has 0 radical (unpaired) electrons. The van der Waals surface area contributed by atoms with Gasteiger partial charge in [-0.15, -0.1) is 0 Å². The molecule has 0 fully saturated rings. The van der Waals surface area contributed by atoms with E-state index >= 15 is 0 Å². The number of hydrogen-bond donors (Lipinski definition) is 0. The van der Waals surface area contributed by atoms with Crippen LogP contribution >= 0.6 is 8.58 Å². The Morgan fingerprint density at radius 3 is 2.65 bits per heavy atom. The van der Waals surface area contributed by atoms with Crippen LogP contribution in [-0.2, 0) is 0 Å². The van der Waals surface area contributed by atoms with Gasteiger partial charge in [-0.25, -0.2) is 0 Å². The Hall–Kier alpha value is -1.66. The minimum atomic E-state index is 0.179. The van der Waals surface area contributed by atoms with Crippen LogP contribution in [0.25, 0.3) is 0 Å². The number of rotatable bonds is 7. The van der Waals surface area contributed by atoms with E-state index in [4.69, 9.17) is 4.74 Å². The SMILES string of the molecule is CCCC=Nc1ccccc1Pc1c(C)cccc1OC(C)C. The van der Waals surface area contributed by atoms with Gasteiger partial charge >= 0.3 is 0 Å². The van der Waals surface area contributed by atoms with Crippen molar-refractivity contribution in [2.45, 2.75) is 46.6 Å². The molecule has 0 aliphatic carbocycles. The fraction of sp³-hybridized carbons (Fsp3) is 0.350. The standard InChI is InChI=1S/C20H26NOP/c1-5-6-14-21-17-11-7-8-13-19(17)23-20-16(4)10-9-12-18(20)22-15(2)3/h7-15,23H,5-6H2,1-4H3. The van der Waals surface area contributed by atoms with E-state index < -0.39 is 0 Å². The van der Waals surface area contributed by atoms with E-state index in [2.05, 4.69) is 75.2 Å². The number of benzene rings is 2. The first kappa shape index (κ1) is 17.7. The molecule has 2 aromatic rings. The van der Waals surface area contributed by atoms with Crippen LogP contribution in [0.1, 0.15) is 39.2 Å². The maximum atomic E-state index is 6.01. The third kappa shape index (κ3) is 5.18. The van der Waals surface area contributed by atoms with Crippen LogP contribution < -0.4 is 15.3 Å². The maximum absolute atomic E-state index is 6.01. The fourth-order valence-electron chi connectivity index (χ4n) is 2.27. The Kier molecular flexibility index (Phi) is 6.80. The number of para-hydroxylation sites is 1. The molecule has 0 aliphatic heterocycles. The Morgan fingerprint density at radius 2 is 1.91 bits per heavy atom. The van der Waals surface area contributed by atoms with Gasteiger partial charge in [0.25, 0.3) is 0 Å². The molecule has 0 saturated carbocycles.